The van der Waals surface area contributed by atoms with Crippen molar-refractivity contribution in [2.24, 2.45) is 11.1 Å². The van der Waals surface area contributed by atoms with E-state index in [1.807, 2.05) is 6.07 Å². The van der Waals surface area contributed by atoms with E-state index in [4.69, 9.17) is 5.73 Å². The maximum Gasteiger partial charge on any atom is 0.262 e. The SMILES string of the molecule is NC1CN(c2ccc3c(c2)C(=O)N(C2CCC(=O)NC2=O)C3=O)CC12CCC2. The van der Waals surface area contributed by atoms with E-state index < -0.39 is 23.8 Å². The Morgan fingerprint density at radius 3 is 2.46 bits per heavy atom. The Morgan fingerprint density at radius 2 is 1.82 bits per heavy atom. The number of benzene rings is 1. The molecule has 1 aromatic rings. The molecule has 2 unspecified atom stereocenters. The number of hydrogen-bond donors (Lipinski definition) is 2. The fourth-order valence-electron chi connectivity index (χ4n) is 5.01. The summed E-state index contributed by atoms with van der Waals surface area (Å²) >= 11 is 0. The highest BCUT2D eigenvalue weighted by molar-refractivity contribution is 6.23. The average Bonchev–Trinajstić information content (AvgIpc) is 3.11. The standard InChI is InChI=1S/C20H22N4O4/c21-15-9-23(10-20(15)6-1-7-20)11-2-3-12-13(8-11)19(28)24(18(12)27)14-4-5-16(25)22-17(14)26/h2-3,8,14-15H,1,4-7,9-10,21H2,(H,22,25,26). The van der Waals surface area contributed by atoms with Crippen LogP contribution in [0, 0.1) is 5.41 Å². The summed E-state index contributed by atoms with van der Waals surface area (Å²) in [4.78, 5) is 52.5. The summed E-state index contributed by atoms with van der Waals surface area (Å²) in [6.07, 6.45) is 3.75. The molecule has 0 aromatic heterocycles. The molecule has 4 amide bonds. The van der Waals surface area contributed by atoms with E-state index >= 15 is 0 Å². The molecule has 8 heteroatoms. The first kappa shape index (κ1) is 17.4. The molecule has 5 rings (SSSR count). The molecule has 1 saturated carbocycles. The summed E-state index contributed by atoms with van der Waals surface area (Å²) in [7, 11) is 0. The van der Waals surface area contributed by atoms with Crippen LogP contribution in [0.5, 0.6) is 0 Å². The second-order valence-corrected chi connectivity index (χ2v) is 8.38. The van der Waals surface area contributed by atoms with E-state index in [1.54, 1.807) is 12.1 Å². The van der Waals surface area contributed by atoms with Crippen molar-refractivity contribution in [3.05, 3.63) is 29.3 Å². The highest BCUT2D eigenvalue weighted by Crippen LogP contribution is 2.48. The quantitative estimate of drug-likeness (QED) is 0.716. The van der Waals surface area contributed by atoms with Gasteiger partial charge in [-0.2, -0.15) is 0 Å². The second-order valence-electron chi connectivity index (χ2n) is 8.38. The molecule has 3 fully saturated rings. The minimum atomic E-state index is -0.938. The van der Waals surface area contributed by atoms with Gasteiger partial charge in [-0.3, -0.25) is 29.4 Å². The highest BCUT2D eigenvalue weighted by Gasteiger charge is 2.49. The fraction of sp³-hybridized carbons (Fsp3) is 0.500. The fourth-order valence-corrected chi connectivity index (χ4v) is 5.01. The molecule has 1 spiro atoms. The Balaban J connectivity index is 1.42. The third-order valence-electron chi connectivity index (χ3n) is 6.85. The van der Waals surface area contributed by atoms with Gasteiger partial charge in [-0.25, -0.2) is 0 Å². The third kappa shape index (κ3) is 2.33. The van der Waals surface area contributed by atoms with Crippen LogP contribution in [0.25, 0.3) is 0 Å². The monoisotopic (exact) mass is 382 g/mol. The molecule has 2 atom stereocenters. The number of amides is 4. The number of rotatable bonds is 2. The molecule has 8 nitrogen and oxygen atoms in total. The van der Waals surface area contributed by atoms with Gasteiger partial charge in [0.05, 0.1) is 11.1 Å². The lowest BCUT2D eigenvalue weighted by Gasteiger charge is -2.41. The number of hydrogen-bond acceptors (Lipinski definition) is 6. The molecule has 3 N–H and O–H groups in total. The molecule has 3 heterocycles. The number of imide groups is 2. The van der Waals surface area contributed by atoms with E-state index in [9.17, 15) is 19.2 Å². The van der Waals surface area contributed by atoms with Crippen LogP contribution in [0.15, 0.2) is 18.2 Å². The maximum atomic E-state index is 13.0. The first-order valence-electron chi connectivity index (χ1n) is 9.76. The number of carbonyl (C=O) groups is 4. The van der Waals surface area contributed by atoms with Crippen LogP contribution in [0.2, 0.25) is 0 Å². The molecule has 1 aliphatic carbocycles. The van der Waals surface area contributed by atoms with Crippen LogP contribution < -0.4 is 16.0 Å². The van der Waals surface area contributed by atoms with Gasteiger partial charge in [-0.05, 0) is 37.5 Å². The Morgan fingerprint density at radius 1 is 1.07 bits per heavy atom. The van der Waals surface area contributed by atoms with Gasteiger partial charge >= 0.3 is 0 Å². The predicted octanol–water partition coefficient (Wildman–Crippen LogP) is 0.405. The summed E-state index contributed by atoms with van der Waals surface area (Å²) < 4.78 is 0. The van der Waals surface area contributed by atoms with Crippen molar-refractivity contribution in [3.63, 3.8) is 0 Å². The molecular weight excluding hydrogens is 360 g/mol. The van der Waals surface area contributed by atoms with Crippen molar-refractivity contribution >= 4 is 29.3 Å². The van der Waals surface area contributed by atoms with Crippen molar-refractivity contribution < 1.29 is 19.2 Å². The largest absolute Gasteiger partial charge is 0.369 e. The zero-order valence-corrected chi connectivity index (χ0v) is 15.4. The molecule has 4 aliphatic rings. The summed E-state index contributed by atoms with van der Waals surface area (Å²) in [6, 6.07) is 4.43. The average molecular weight is 382 g/mol. The van der Waals surface area contributed by atoms with Gasteiger partial charge in [0, 0.05) is 36.7 Å². The van der Waals surface area contributed by atoms with Crippen LogP contribution in [-0.4, -0.2) is 53.7 Å². The van der Waals surface area contributed by atoms with Crippen LogP contribution in [0.3, 0.4) is 0 Å². The van der Waals surface area contributed by atoms with Gasteiger partial charge < -0.3 is 10.6 Å². The molecule has 3 aliphatic heterocycles. The van der Waals surface area contributed by atoms with E-state index in [1.165, 1.54) is 6.42 Å². The minimum absolute atomic E-state index is 0.114. The Bertz CT molecular complexity index is 923. The summed E-state index contributed by atoms with van der Waals surface area (Å²) in [5.74, 6) is -1.92. The first-order valence-corrected chi connectivity index (χ1v) is 9.76. The Kier molecular flexibility index (Phi) is 3.64. The van der Waals surface area contributed by atoms with Crippen molar-refractivity contribution in [3.8, 4) is 0 Å². The lowest BCUT2D eigenvalue weighted by Crippen LogP contribution is -2.54. The van der Waals surface area contributed by atoms with E-state index in [2.05, 4.69) is 10.2 Å². The van der Waals surface area contributed by atoms with Gasteiger partial charge in [-0.1, -0.05) is 6.42 Å². The highest BCUT2D eigenvalue weighted by atomic mass is 16.2. The molecule has 1 aromatic carbocycles. The van der Waals surface area contributed by atoms with Crippen molar-refractivity contribution in [2.75, 3.05) is 18.0 Å². The predicted molar refractivity (Wildman–Crippen MR) is 99.6 cm³/mol. The second kappa shape index (κ2) is 5.88. The van der Waals surface area contributed by atoms with Gasteiger partial charge in [0.1, 0.15) is 6.04 Å². The number of nitrogens with zero attached hydrogens (tertiary/aromatic N) is 2. The lowest BCUT2D eigenvalue weighted by atomic mass is 9.66. The molecule has 0 radical (unpaired) electrons. The molecule has 146 valence electrons. The van der Waals surface area contributed by atoms with Gasteiger partial charge in [0.2, 0.25) is 11.8 Å². The lowest BCUT2D eigenvalue weighted by molar-refractivity contribution is -0.136. The zero-order chi connectivity index (χ0) is 19.6. The smallest absolute Gasteiger partial charge is 0.262 e. The number of fused-ring (bicyclic) bond motifs is 1. The summed E-state index contributed by atoms with van der Waals surface area (Å²) in [6.45, 7) is 1.60. The van der Waals surface area contributed by atoms with Crippen molar-refractivity contribution in [1.82, 2.24) is 10.2 Å². The Hall–Kier alpha value is -2.74. The van der Waals surface area contributed by atoms with Crippen molar-refractivity contribution in [2.45, 2.75) is 44.2 Å². The van der Waals surface area contributed by atoms with Crippen LogP contribution >= 0.6 is 0 Å². The van der Waals surface area contributed by atoms with Crippen LogP contribution in [-0.2, 0) is 9.59 Å². The normalized spacial score (nSPS) is 28.6. The number of piperidine rings is 1. The minimum Gasteiger partial charge on any atom is -0.369 e. The summed E-state index contributed by atoms with van der Waals surface area (Å²) in [5.41, 5.74) is 8.05. The molecule has 0 bridgehead atoms. The van der Waals surface area contributed by atoms with Gasteiger partial charge in [-0.15, -0.1) is 0 Å². The zero-order valence-electron chi connectivity index (χ0n) is 15.4. The van der Waals surface area contributed by atoms with Crippen LogP contribution in [0.1, 0.15) is 52.8 Å². The van der Waals surface area contributed by atoms with Crippen molar-refractivity contribution in [1.29, 1.82) is 0 Å². The number of nitrogens with two attached hydrogens (primary N) is 1. The third-order valence-corrected chi connectivity index (χ3v) is 6.85. The Labute approximate surface area is 162 Å². The van der Waals surface area contributed by atoms with E-state index in [0.29, 0.717) is 11.1 Å². The maximum absolute atomic E-state index is 13.0. The van der Waals surface area contributed by atoms with Gasteiger partial charge in [0.15, 0.2) is 0 Å². The molecular formula is C20H22N4O4. The van der Waals surface area contributed by atoms with E-state index in [-0.39, 0.29) is 30.2 Å². The van der Waals surface area contributed by atoms with E-state index in [0.717, 1.165) is 36.5 Å². The van der Waals surface area contributed by atoms with Crippen LogP contribution in [0.4, 0.5) is 5.69 Å². The molecule has 28 heavy (non-hydrogen) atoms. The topological polar surface area (TPSA) is 113 Å². The molecule has 2 saturated heterocycles. The number of nitrogens with one attached hydrogen (secondary N) is 1. The summed E-state index contributed by atoms with van der Waals surface area (Å²) in [5, 5.41) is 2.21. The van der Waals surface area contributed by atoms with Gasteiger partial charge in [0.25, 0.3) is 11.8 Å². The first-order chi connectivity index (χ1) is 13.4. The number of carbonyl (C=O) groups excluding carboxylic acids is 4. The number of anilines is 1.